The lowest BCUT2D eigenvalue weighted by Crippen LogP contribution is -2.07. The van der Waals surface area contributed by atoms with Crippen LogP contribution in [0.3, 0.4) is 0 Å². The van der Waals surface area contributed by atoms with Crippen molar-refractivity contribution in [3.63, 3.8) is 0 Å². The van der Waals surface area contributed by atoms with Crippen molar-refractivity contribution >= 4 is 5.78 Å². The molecule has 0 bridgehead atoms. The minimum absolute atomic E-state index is 1.31. The second-order valence-corrected chi connectivity index (χ2v) is 0.704. The molecule has 0 aromatic carbocycles. The molecule has 28 valence electrons. The van der Waals surface area contributed by atoms with Gasteiger partial charge < -0.3 is 0 Å². The zero-order chi connectivity index (χ0) is 9.08. The van der Waals surface area contributed by atoms with Crippen LogP contribution in [0.2, 0.25) is 0 Å². The van der Waals surface area contributed by atoms with Crippen LogP contribution in [-0.2, 0) is 4.79 Å². The predicted molar refractivity (Wildman–Crippen MR) is 18.9 cm³/mol. The summed E-state index contributed by atoms with van der Waals surface area (Å²) in [6.45, 7) is 0. The van der Waals surface area contributed by atoms with Gasteiger partial charge in [-0.2, -0.15) is 0 Å². The molecule has 5 heavy (non-hydrogen) atoms. The molecule has 0 atom stereocenters. The Bertz CT molecular complexity index is 199. The van der Waals surface area contributed by atoms with Crippen LogP contribution in [0.4, 0.5) is 0 Å². The lowest BCUT2D eigenvalue weighted by atomic mass is 9.99. The topological polar surface area (TPSA) is 17.1 Å². The first-order valence-electron chi connectivity index (χ1n) is 4.20. The molecule has 0 N–H and O–H groups in total. The van der Waals surface area contributed by atoms with Crippen molar-refractivity contribution in [3.8, 4) is 0 Å². The lowest BCUT2D eigenvalue weighted by Gasteiger charge is -2.05. The molecular formula is C4H6O. The molecule has 0 aromatic rings. The minimum atomic E-state index is -2.70. The van der Waals surface area contributed by atoms with Gasteiger partial charge in [0.15, 0.2) is 0 Å². The third kappa shape index (κ3) is 0.318. The molecule has 0 radical (unpaired) electrons. The number of Topliss-reactive ketones (excluding diaryl/α,β-unsaturated/α-hetero) is 1. The highest BCUT2D eigenvalue weighted by atomic mass is 16.1. The molecule has 1 aliphatic carbocycles. The van der Waals surface area contributed by atoms with Gasteiger partial charge in [-0.15, -0.1) is 0 Å². The van der Waals surface area contributed by atoms with E-state index in [4.69, 9.17) is 8.22 Å². The fraction of sp³-hybridized carbons (Fsp3) is 0.750. The molecule has 0 aliphatic heterocycles. The molecular weight excluding hydrogens is 64.0 g/mol. The summed E-state index contributed by atoms with van der Waals surface area (Å²) in [6.07, 6.45) is -8.04. The fourth-order valence-corrected chi connectivity index (χ4v) is 0.114. The second-order valence-electron chi connectivity index (χ2n) is 0.704. The van der Waals surface area contributed by atoms with Gasteiger partial charge >= 0.3 is 0 Å². The molecule has 0 spiro atoms. The van der Waals surface area contributed by atoms with Gasteiger partial charge in [-0.05, 0) is 6.37 Å². The Kier molecular flexibility index (Phi) is 0.0899. The fourth-order valence-electron chi connectivity index (χ4n) is 0.114. The monoisotopic (exact) mass is 76.1 g/mol. The summed E-state index contributed by atoms with van der Waals surface area (Å²) in [5.74, 6) is -1.31. The summed E-state index contributed by atoms with van der Waals surface area (Å²) in [7, 11) is 0. The van der Waals surface area contributed by atoms with Crippen LogP contribution in [0.25, 0.3) is 0 Å². The molecule has 0 aromatic heterocycles. The Labute approximate surface area is 39.4 Å². The van der Waals surface area contributed by atoms with Gasteiger partial charge in [-0.25, -0.2) is 0 Å². The van der Waals surface area contributed by atoms with E-state index in [-0.39, 0.29) is 0 Å². The number of rotatable bonds is 0. The van der Waals surface area contributed by atoms with Crippen molar-refractivity contribution in [3.05, 3.63) is 0 Å². The van der Waals surface area contributed by atoms with Crippen LogP contribution in [0.15, 0.2) is 0 Å². The van der Waals surface area contributed by atoms with Crippen LogP contribution in [0.5, 0.6) is 0 Å². The molecule has 1 rings (SSSR count). The minimum Gasteiger partial charge on any atom is -0.300 e. The molecule has 1 saturated carbocycles. The molecule has 0 amide bonds. The molecule has 0 saturated heterocycles. The number of ketones is 1. The average Bonchev–Trinajstić information content (AvgIpc) is 1.84. The lowest BCUT2D eigenvalue weighted by molar-refractivity contribution is -0.123. The van der Waals surface area contributed by atoms with E-state index in [1.165, 1.54) is 0 Å². The Morgan fingerprint density at radius 2 is 2.40 bits per heavy atom. The van der Waals surface area contributed by atoms with Crippen LogP contribution in [-0.4, -0.2) is 5.78 Å². The number of hydrogen-bond acceptors (Lipinski definition) is 1. The second kappa shape index (κ2) is 0.814. The largest absolute Gasteiger partial charge is 0.300 e. The molecule has 1 heteroatoms. The van der Waals surface area contributed by atoms with Crippen LogP contribution < -0.4 is 0 Å². The highest BCUT2D eigenvalue weighted by Crippen LogP contribution is 2.10. The van der Waals surface area contributed by atoms with E-state index in [1.807, 2.05) is 0 Å². The highest BCUT2D eigenvalue weighted by molar-refractivity contribution is 5.83. The van der Waals surface area contributed by atoms with Gasteiger partial charge in [-0.3, -0.25) is 4.79 Å². The van der Waals surface area contributed by atoms with E-state index in [2.05, 4.69) is 0 Å². The molecule has 0 heterocycles. The summed E-state index contributed by atoms with van der Waals surface area (Å²) in [4.78, 5) is 10.6. The van der Waals surface area contributed by atoms with Gasteiger partial charge in [0.25, 0.3) is 0 Å². The third-order valence-corrected chi connectivity index (χ3v) is 0.352. The van der Waals surface area contributed by atoms with E-state index in [0.717, 1.165) is 0 Å². The van der Waals surface area contributed by atoms with Gasteiger partial charge in [0, 0.05) is 21.0 Å². The summed E-state index contributed by atoms with van der Waals surface area (Å²) < 4.78 is 41.1. The Hall–Kier alpha value is -0.330. The van der Waals surface area contributed by atoms with E-state index in [0.29, 0.717) is 0 Å². The number of hydrogen-bond donors (Lipinski definition) is 0. The van der Waals surface area contributed by atoms with E-state index in [9.17, 15) is 4.79 Å². The quantitative estimate of drug-likeness (QED) is 0.416. The van der Waals surface area contributed by atoms with Crippen molar-refractivity contribution in [1.82, 2.24) is 0 Å². The van der Waals surface area contributed by atoms with Gasteiger partial charge in [0.2, 0.25) is 0 Å². The molecule has 0 unspecified atom stereocenters. The van der Waals surface area contributed by atoms with Crippen molar-refractivity contribution in [1.29, 1.82) is 0 Å². The Morgan fingerprint density at radius 3 is 2.60 bits per heavy atom. The molecule has 1 nitrogen and oxygen atoms in total. The Balaban J connectivity index is 3.08. The summed E-state index contributed by atoms with van der Waals surface area (Å²) in [5, 5.41) is 0. The SMILES string of the molecule is [2H]C1([2H])C(=O)C([2H])([2H])C1([2H])[2H]. The van der Waals surface area contributed by atoms with Crippen LogP contribution in [0.1, 0.15) is 27.3 Å². The van der Waals surface area contributed by atoms with Gasteiger partial charge in [0.1, 0.15) is 5.78 Å². The first kappa shape index (κ1) is 0.552. The third-order valence-electron chi connectivity index (χ3n) is 0.352. The van der Waals surface area contributed by atoms with Crippen molar-refractivity contribution < 1.29 is 13.0 Å². The first-order valence-corrected chi connectivity index (χ1v) is 1.20. The normalized spacial score (nSPS) is 70.0. The zero-order valence-electron chi connectivity index (χ0n) is 8.41. The average molecular weight is 76.1 g/mol. The summed E-state index contributed by atoms with van der Waals surface area (Å²) >= 11 is 0. The van der Waals surface area contributed by atoms with E-state index in [1.54, 1.807) is 0 Å². The summed E-state index contributed by atoms with van der Waals surface area (Å²) in [6, 6.07) is 0. The Morgan fingerprint density at radius 1 is 1.80 bits per heavy atom. The standard InChI is InChI=1S/C4H6O/c5-4-2-1-3-4/h1-3H2/i1D2,2D2,3D2. The van der Waals surface area contributed by atoms with E-state index < -0.39 is 24.9 Å². The van der Waals surface area contributed by atoms with E-state index >= 15 is 0 Å². The maximum absolute atomic E-state index is 10.6. The van der Waals surface area contributed by atoms with Gasteiger partial charge in [0.05, 0.1) is 0 Å². The van der Waals surface area contributed by atoms with Crippen LogP contribution >= 0.6 is 0 Å². The van der Waals surface area contributed by atoms with Crippen molar-refractivity contribution in [2.45, 2.75) is 19.1 Å². The smallest absolute Gasteiger partial charge is 0.132 e. The predicted octanol–water partition coefficient (Wildman–Crippen LogP) is 0.739. The van der Waals surface area contributed by atoms with Crippen molar-refractivity contribution in [2.75, 3.05) is 0 Å². The van der Waals surface area contributed by atoms with Crippen LogP contribution in [0, 0.1) is 0 Å². The van der Waals surface area contributed by atoms with Gasteiger partial charge in [-0.1, -0.05) is 0 Å². The highest BCUT2D eigenvalue weighted by Gasteiger charge is 2.09. The maximum Gasteiger partial charge on any atom is 0.132 e. The first-order chi connectivity index (χ1) is 4.65. The van der Waals surface area contributed by atoms with Crippen molar-refractivity contribution in [2.24, 2.45) is 0 Å². The number of carbonyl (C=O) groups is 1. The molecule has 1 aliphatic rings. The summed E-state index contributed by atoms with van der Waals surface area (Å²) in [5.41, 5.74) is 0. The maximum atomic E-state index is 10.6. The number of carbonyl (C=O) groups excluding carboxylic acids is 1. The molecule has 1 fully saturated rings. The zero-order valence-corrected chi connectivity index (χ0v) is 2.41.